The molecule has 124 valence electrons. The van der Waals surface area contributed by atoms with E-state index in [2.05, 4.69) is 36.6 Å². The van der Waals surface area contributed by atoms with Crippen LogP contribution in [0.25, 0.3) is 22.4 Å². The zero-order valence-electron chi connectivity index (χ0n) is 14.0. The Hall–Kier alpha value is -2.53. The molecule has 0 bridgehead atoms. The molecular weight excluding hydrogens is 302 g/mol. The number of nitrogens with two attached hydrogens (primary N) is 1. The van der Waals surface area contributed by atoms with Crippen molar-refractivity contribution in [2.45, 2.75) is 26.8 Å². The lowest BCUT2D eigenvalue weighted by atomic mass is 10.1. The van der Waals surface area contributed by atoms with Crippen molar-refractivity contribution in [3.8, 4) is 22.9 Å². The normalized spacial score (nSPS) is 13.0. The molecule has 2 heterocycles. The SMILES string of the molecule is Cc1ccc(-c2nc3cc4c(cc3n2CCCN)OCO4)cc1C. The zero-order chi connectivity index (χ0) is 16.7. The van der Waals surface area contributed by atoms with Gasteiger partial charge < -0.3 is 19.8 Å². The predicted octanol–water partition coefficient (Wildman–Crippen LogP) is 3.40. The van der Waals surface area contributed by atoms with Gasteiger partial charge in [-0.15, -0.1) is 0 Å². The van der Waals surface area contributed by atoms with E-state index >= 15 is 0 Å². The van der Waals surface area contributed by atoms with E-state index in [-0.39, 0.29) is 6.79 Å². The minimum Gasteiger partial charge on any atom is -0.454 e. The number of hydrogen-bond acceptors (Lipinski definition) is 4. The van der Waals surface area contributed by atoms with Crippen molar-refractivity contribution in [1.82, 2.24) is 9.55 Å². The monoisotopic (exact) mass is 323 g/mol. The average molecular weight is 323 g/mol. The summed E-state index contributed by atoms with van der Waals surface area (Å²) < 4.78 is 13.2. The van der Waals surface area contributed by atoms with Crippen LogP contribution in [0.5, 0.6) is 11.5 Å². The van der Waals surface area contributed by atoms with Crippen molar-refractivity contribution in [2.24, 2.45) is 5.73 Å². The van der Waals surface area contributed by atoms with Gasteiger partial charge in [0, 0.05) is 24.2 Å². The Balaban J connectivity index is 1.91. The van der Waals surface area contributed by atoms with Crippen molar-refractivity contribution >= 4 is 11.0 Å². The summed E-state index contributed by atoms with van der Waals surface area (Å²) in [6.07, 6.45) is 0.901. The Labute approximate surface area is 141 Å². The van der Waals surface area contributed by atoms with Gasteiger partial charge in [-0.1, -0.05) is 12.1 Å². The van der Waals surface area contributed by atoms with Gasteiger partial charge in [-0.2, -0.15) is 0 Å². The minimum atomic E-state index is 0.273. The Morgan fingerprint density at radius 3 is 2.62 bits per heavy atom. The third-order valence-corrected chi connectivity index (χ3v) is 4.59. The van der Waals surface area contributed by atoms with Gasteiger partial charge in [0.25, 0.3) is 0 Å². The first-order valence-electron chi connectivity index (χ1n) is 8.25. The van der Waals surface area contributed by atoms with Gasteiger partial charge in [-0.05, 0) is 44.0 Å². The van der Waals surface area contributed by atoms with Crippen LogP contribution in [0.15, 0.2) is 30.3 Å². The van der Waals surface area contributed by atoms with E-state index in [1.54, 1.807) is 0 Å². The van der Waals surface area contributed by atoms with Gasteiger partial charge in [0.2, 0.25) is 6.79 Å². The third kappa shape index (κ3) is 2.41. The summed E-state index contributed by atoms with van der Waals surface area (Å²) in [5.74, 6) is 2.51. The molecule has 5 nitrogen and oxygen atoms in total. The molecule has 0 unspecified atom stereocenters. The molecule has 0 aliphatic carbocycles. The summed E-state index contributed by atoms with van der Waals surface area (Å²) in [5.41, 5.74) is 11.4. The second-order valence-corrected chi connectivity index (χ2v) is 6.22. The molecule has 1 aliphatic heterocycles. The number of hydrogen-bond donors (Lipinski definition) is 1. The Bertz CT molecular complexity index is 915. The first kappa shape index (κ1) is 15.0. The number of nitrogens with zero attached hydrogens (tertiary/aromatic N) is 2. The fraction of sp³-hybridized carbons (Fsp3) is 0.316. The van der Waals surface area contributed by atoms with Crippen LogP contribution in [0.1, 0.15) is 17.5 Å². The van der Waals surface area contributed by atoms with Crippen molar-refractivity contribution in [2.75, 3.05) is 13.3 Å². The number of rotatable bonds is 4. The number of aromatic nitrogens is 2. The Kier molecular flexibility index (Phi) is 3.65. The summed E-state index contributed by atoms with van der Waals surface area (Å²) in [7, 11) is 0. The van der Waals surface area contributed by atoms with Crippen LogP contribution in [-0.4, -0.2) is 22.9 Å². The first-order chi connectivity index (χ1) is 11.7. The predicted molar refractivity (Wildman–Crippen MR) is 94.4 cm³/mol. The van der Waals surface area contributed by atoms with Crippen LogP contribution in [0.4, 0.5) is 0 Å². The quantitative estimate of drug-likeness (QED) is 0.799. The van der Waals surface area contributed by atoms with Crippen molar-refractivity contribution in [3.63, 3.8) is 0 Å². The molecule has 0 saturated carbocycles. The van der Waals surface area contributed by atoms with Gasteiger partial charge in [0.1, 0.15) is 5.82 Å². The van der Waals surface area contributed by atoms with Gasteiger partial charge in [0.05, 0.1) is 11.0 Å². The lowest BCUT2D eigenvalue weighted by Crippen LogP contribution is -2.07. The Morgan fingerprint density at radius 1 is 1.08 bits per heavy atom. The molecule has 0 spiro atoms. The van der Waals surface area contributed by atoms with Crippen LogP contribution in [0.2, 0.25) is 0 Å². The molecule has 3 aromatic rings. The molecule has 1 aromatic heterocycles. The minimum absolute atomic E-state index is 0.273. The molecule has 5 heteroatoms. The van der Waals surface area contributed by atoms with Crippen LogP contribution in [-0.2, 0) is 6.54 Å². The average Bonchev–Trinajstić information content (AvgIpc) is 3.17. The molecule has 0 saturated heterocycles. The lowest BCUT2D eigenvalue weighted by Gasteiger charge is -2.10. The van der Waals surface area contributed by atoms with Crippen molar-refractivity contribution in [1.29, 1.82) is 0 Å². The number of aryl methyl sites for hydroxylation is 3. The topological polar surface area (TPSA) is 62.3 Å². The van der Waals surface area contributed by atoms with E-state index < -0.39 is 0 Å². The number of ether oxygens (including phenoxy) is 2. The highest BCUT2D eigenvalue weighted by molar-refractivity contribution is 5.84. The molecule has 1 aliphatic rings. The zero-order valence-corrected chi connectivity index (χ0v) is 14.0. The summed E-state index contributed by atoms with van der Waals surface area (Å²) in [4.78, 5) is 4.87. The standard InChI is InChI=1S/C19H21N3O2/c1-12-4-5-14(8-13(12)2)19-21-15-9-17-18(24-11-23-17)10-16(15)22(19)7-3-6-20/h4-5,8-10H,3,6-7,11,20H2,1-2H3. The highest BCUT2D eigenvalue weighted by Gasteiger charge is 2.19. The van der Waals surface area contributed by atoms with Gasteiger partial charge >= 0.3 is 0 Å². The fourth-order valence-electron chi connectivity index (χ4n) is 3.09. The maximum atomic E-state index is 5.73. The van der Waals surface area contributed by atoms with E-state index in [0.717, 1.165) is 46.9 Å². The highest BCUT2D eigenvalue weighted by Crippen LogP contribution is 2.37. The third-order valence-electron chi connectivity index (χ3n) is 4.59. The van der Waals surface area contributed by atoms with Crippen LogP contribution < -0.4 is 15.2 Å². The molecule has 2 N–H and O–H groups in total. The fourth-order valence-corrected chi connectivity index (χ4v) is 3.09. The lowest BCUT2D eigenvalue weighted by molar-refractivity contribution is 0.174. The van der Waals surface area contributed by atoms with E-state index in [1.165, 1.54) is 11.1 Å². The Morgan fingerprint density at radius 2 is 1.88 bits per heavy atom. The molecule has 24 heavy (non-hydrogen) atoms. The maximum absolute atomic E-state index is 5.73. The van der Waals surface area contributed by atoms with Gasteiger partial charge in [0.15, 0.2) is 11.5 Å². The summed E-state index contributed by atoms with van der Waals surface area (Å²) >= 11 is 0. The number of fused-ring (bicyclic) bond motifs is 2. The molecule has 4 rings (SSSR count). The van der Waals surface area contributed by atoms with Crippen LogP contribution in [0.3, 0.4) is 0 Å². The highest BCUT2D eigenvalue weighted by atomic mass is 16.7. The molecule has 0 radical (unpaired) electrons. The summed E-state index contributed by atoms with van der Waals surface area (Å²) in [6, 6.07) is 10.4. The molecular formula is C19H21N3O2. The smallest absolute Gasteiger partial charge is 0.231 e. The summed E-state index contributed by atoms with van der Waals surface area (Å²) in [5, 5.41) is 0. The molecule has 0 atom stereocenters. The number of benzene rings is 2. The largest absolute Gasteiger partial charge is 0.454 e. The molecule has 0 fully saturated rings. The van der Waals surface area contributed by atoms with Gasteiger partial charge in [-0.25, -0.2) is 4.98 Å². The second-order valence-electron chi connectivity index (χ2n) is 6.22. The van der Waals surface area contributed by atoms with Crippen molar-refractivity contribution in [3.05, 3.63) is 41.5 Å². The van der Waals surface area contributed by atoms with Crippen molar-refractivity contribution < 1.29 is 9.47 Å². The maximum Gasteiger partial charge on any atom is 0.231 e. The van der Waals surface area contributed by atoms with E-state index in [9.17, 15) is 0 Å². The van der Waals surface area contributed by atoms with Gasteiger partial charge in [-0.3, -0.25) is 0 Å². The van der Waals surface area contributed by atoms with Crippen LogP contribution >= 0.6 is 0 Å². The summed E-state index contributed by atoms with van der Waals surface area (Å²) in [6.45, 7) is 6.00. The van der Waals surface area contributed by atoms with E-state index in [1.807, 2.05) is 12.1 Å². The van der Waals surface area contributed by atoms with Crippen LogP contribution in [0, 0.1) is 13.8 Å². The first-order valence-corrected chi connectivity index (χ1v) is 8.25. The second kappa shape index (κ2) is 5.83. The van der Waals surface area contributed by atoms with E-state index in [4.69, 9.17) is 20.2 Å². The molecule has 2 aromatic carbocycles. The van der Waals surface area contributed by atoms with E-state index in [0.29, 0.717) is 6.54 Å². The molecule has 0 amide bonds. The number of imidazole rings is 1.